The molecule has 1 unspecified atom stereocenters. The van der Waals surface area contributed by atoms with Gasteiger partial charge in [-0.1, -0.05) is 0 Å². The van der Waals surface area contributed by atoms with Gasteiger partial charge in [0.1, 0.15) is 16.3 Å². The SMILES string of the molecule is Cc1cnc2c(c1)nc(CCl)n2C(C)c1ncc(C)s1. The second kappa shape index (κ2) is 5.14. The van der Waals surface area contributed by atoms with E-state index in [1.807, 2.05) is 25.4 Å². The number of rotatable bonds is 3. The van der Waals surface area contributed by atoms with Crippen molar-refractivity contribution in [1.82, 2.24) is 19.5 Å². The molecular formula is C14H15ClN4S. The van der Waals surface area contributed by atoms with Crippen molar-refractivity contribution >= 4 is 34.1 Å². The molecule has 1 atom stereocenters. The van der Waals surface area contributed by atoms with E-state index in [1.165, 1.54) is 4.88 Å². The van der Waals surface area contributed by atoms with E-state index in [2.05, 4.69) is 33.4 Å². The predicted octanol–water partition coefficient (Wildman–Crippen LogP) is 3.85. The van der Waals surface area contributed by atoms with Crippen LogP contribution in [0.2, 0.25) is 0 Å². The molecule has 104 valence electrons. The lowest BCUT2D eigenvalue weighted by molar-refractivity contribution is 0.625. The van der Waals surface area contributed by atoms with Crippen LogP contribution in [-0.2, 0) is 5.88 Å². The van der Waals surface area contributed by atoms with Crippen LogP contribution in [0.5, 0.6) is 0 Å². The van der Waals surface area contributed by atoms with Gasteiger partial charge in [-0.05, 0) is 32.4 Å². The Bertz CT molecular complexity index is 762. The maximum absolute atomic E-state index is 6.05. The molecular weight excluding hydrogens is 292 g/mol. The molecule has 3 rings (SSSR count). The van der Waals surface area contributed by atoms with Gasteiger partial charge in [0, 0.05) is 17.3 Å². The Morgan fingerprint density at radius 3 is 2.75 bits per heavy atom. The lowest BCUT2D eigenvalue weighted by atomic mass is 10.3. The Kier molecular flexibility index (Phi) is 3.48. The van der Waals surface area contributed by atoms with Crippen LogP contribution in [-0.4, -0.2) is 19.5 Å². The zero-order valence-corrected chi connectivity index (χ0v) is 13.2. The molecule has 4 nitrogen and oxygen atoms in total. The fourth-order valence-electron chi connectivity index (χ4n) is 2.31. The minimum Gasteiger partial charge on any atom is -0.302 e. The van der Waals surface area contributed by atoms with Crippen molar-refractivity contribution in [3.05, 3.63) is 39.7 Å². The highest BCUT2D eigenvalue weighted by Crippen LogP contribution is 2.28. The van der Waals surface area contributed by atoms with E-state index in [1.54, 1.807) is 11.3 Å². The van der Waals surface area contributed by atoms with Crippen molar-refractivity contribution < 1.29 is 0 Å². The molecule has 6 heteroatoms. The van der Waals surface area contributed by atoms with Gasteiger partial charge in [-0.25, -0.2) is 15.0 Å². The van der Waals surface area contributed by atoms with Crippen molar-refractivity contribution in [3.8, 4) is 0 Å². The molecule has 0 aliphatic rings. The number of thiazole rings is 1. The van der Waals surface area contributed by atoms with E-state index in [9.17, 15) is 0 Å². The van der Waals surface area contributed by atoms with Crippen LogP contribution in [0, 0.1) is 13.8 Å². The first-order valence-corrected chi connectivity index (χ1v) is 7.77. The van der Waals surface area contributed by atoms with Crippen LogP contribution in [0.3, 0.4) is 0 Å². The number of hydrogen-bond donors (Lipinski definition) is 0. The molecule has 0 fully saturated rings. The topological polar surface area (TPSA) is 43.6 Å². The van der Waals surface area contributed by atoms with E-state index in [0.29, 0.717) is 5.88 Å². The highest BCUT2D eigenvalue weighted by molar-refractivity contribution is 7.11. The van der Waals surface area contributed by atoms with E-state index in [4.69, 9.17) is 11.6 Å². The highest BCUT2D eigenvalue weighted by Gasteiger charge is 2.19. The second-order valence-corrected chi connectivity index (χ2v) is 6.41. The lowest BCUT2D eigenvalue weighted by Crippen LogP contribution is -2.10. The number of pyridine rings is 1. The predicted molar refractivity (Wildman–Crippen MR) is 82.5 cm³/mol. The molecule has 3 aromatic rings. The molecule has 0 spiro atoms. The molecule has 3 heterocycles. The number of halogens is 1. The number of fused-ring (bicyclic) bond motifs is 1. The Balaban J connectivity index is 2.18. The molecule has 0 aliphatic heterocycles. The molecule has 0 aliphatic carbocycles. The Morgan fingerprint density at radius 1 is 1.30 bits per heavy atom. The van der Waals surface area contributed by atoms with Gasteiger partial charge in [-0.2, -0.15) is 0 Å². The molecule has 20 heavy (non-hydrogen) atoms. The second-order valence-electron chi connectivity index (χ2n) is 4.87. The van der Waals surface area contributed by atoms with Crippen LogP contribution in [0.15, 0.2) is 18.5 Å². The monoisotopic (exact) mass is 306 g/mol. The van der Waals surface area contributed by atoms with Crippen LogP contribution in [0.1, 0.15) is 34.2 Å². The smallest absolute Gasteiger partial charge is 0.160 e. The summed E-state index contributed by atoms with van der Waals surface area (Å²) in [4.78, 5) is 14.8. The fraction of sp³-hybridized carbons (Fsp3) is 0.357. The fourth-order valence-corrected chi connectivity index (χ4v) is 3.31. The summed E-state index contributed by atoms with van der Waals surface area (Å²) in [5.41, 5.74) is 2.85. The number of aryl methyl sites for hydroxylation is 2. The third kappa shape index (κ3) is 2.21. The summed E-state index contributed by atoms with van der Waals surface area (Å²) in [5, 5.41) is 1.05. The summed E-state index contributed by atoms with van der Waals surface area (Å²) in [5.74, 6) is 1.20. The van der Waals surface area contributed by atoms with Gasteiger partial charge in [0.25, 0.3) is 0 Å². The quantitative estimate of drug-likeness (QED) is 0.690. The first-order chi connectivity index (χ1) is 9.60. The van der Waals surface area contributed by atoms with Gasteiger partial charge >= 0.3 is 0 Å². The van der Waals surface area contributed by atoms with Gasteiger partial charge < -0.3 is 4.57 Å². The Morgan fingerprint density at radius 2 is 2.10 bits per heavy atom. The third-order valence-corrected chi connectivity index (χ3v) is 4.57. The summed E-state index contributed by atoms with van der Waals surface area (Å²) in [6.07, 6.45) is 3.76. The van der Waals surface area contributed by atoms with Gasteiger partial charge in [0.15, 0.2) is 5.65 Å². The first kappa shape index (κ1) is 13.5. The summed E-state index contributed by atoms with van der Waals surface area (Å²) in [7, 11) is 0. The molecule has 0 aromatic carbocycles. The maximum Gasteiger partial charge on any atom is 0.160 e. The maximum atomic E-state index is 6.05. The number of alkyl halides is 1. The largest absolute Gasteiger partial charge is 0.302 e. The molecule has 0 N–H and O–H groups in total. The summed E-state index contributed by atoms with van der Waals surface area (Å²) in [6, 6.07) is 2.12. The number of aromatic nitrogens is 4. The standard InChI is InChI=1S/C14H15ClN4S/c1-8-4-11-13(16-6-8)19(12(5-15)18-11)10(3)14-17-7-9(2)20-14/h4,6-7,10H,5H2,1-3H3. The van der Waals surface area contributed by atoms with Crippen LogP contribution in [0.25, 0.3) is 11.2 Å². The number of imidazole rings is 1. The van der Waals surface area contributed by atoms with Crippen LogP contribution in [0.4, 0.5) is 0 Å². The van der Waals surface area contributed by atoms with E-state index in [0.717, 1.165) is 27.6 Å². The summed E-state index contributed by atoms with van der Waals surface area (Å²) >= 11 is 7.75. The zero-order chi connectivity index (χ0) is 14.3. The van der Waals surface area contributed by atoms with Gasteiger partial charge in [0.05, 0.1) is 11.9 Å². The normalized spacial score (nSPS) is 13.0. The summed E-state index contributed by atoms with van der Waals surface area (Å²) < 4.78 is 2.08. The van der Waals surface area contributed by atoms with E-state index >= 15 is 0 Å². The minimum absolute atomic E-state index is 0.0858. The average molecular weight is 307 g/mol. The zero-order valence-electron chi connectivity index (χ0n) is 11.6. The minimum atomic E-state index is 0.0858. The molecule has 0 saturated heterocycles. The molecule has 0 saturated carbocycles. The average Bonchev–Trinajstić information content (AvgIpc) is 3.00. The third-order valence-electron chi connectivity index (χ3n) is 3.24. The van der Waals surface area contributed by atoms with E-state index < -0.39 is 0 Å². The molecule has 0 bridgehead atoms. The van der Waals surface area contributed by atoms with E-state index in [-0.39, 0.29) is 6.04 Å². The van der Waals surface area contributed by atoms with Crippen molar-refractivity contribution in [2.45, 2.75) is 32.7 Å². The first-order valence-electron chi connectivity index (χ1n) is 6.42. The number of nitrogens with zero attached hydrogens (tertiary/aromatic N) is 4. The van der Waals surface area contributed by atoms with Gasteiger partial charge in [0.2, 0.25) is 0 Å². The van der Waals surface area contributed by atoms with Crippen LogP contribution < -0.4 is 0 Å². The van der Waals surface area contributed by atoms with Gasteiger partial charge in [-0.3, -0.25) is 0 Å². The lowest BCUT2D eigenvalue weighted by Gasteiger charge is -2.13. The number of hydrogen-bond acceptors (Lipinski definition) is 4. The van der Waals surface area contributed by atoms with Crippen molar-refractivity contribution in [2.24, 2.45) is 0 Å². The van der Waals surface area contributed by atoms with Crippen molar-refractivity contribution in [2.75, 3.05) is 0 Å². The Labute approximate surface area is 126 Å². The molecule has 0 radical (unpaired) electrons. The highest BCUT2D eigenvalue weighted by atomic mass is 35.5. The van der Waals surface area contributed by atoms with Gasteiger partial charge in [-0.15, -0.1) is 22.9 Å². The molecule has 3 aromatic heterocycles. The van der Waals surface area contributed by atoms with Crippen molar-refractivity contribution in [3.63, 3.8) is 0 Å². The Hall–Kier alpha value is -1.46. The summed E-state index contributed by atoms with van der Waals surface area (Å²) in [6.45, 7) is 6.18. The molecule has 0 amide bonds. The van der Waals surface area contributed by atoms with Crippen molar-refractivity contribution in [1.29, 1.82) is 0 Å². The van der Waals surface area contributed by atoms with Crippen LogP contribution >= 0.6 is 22.9 Å².